The summed E-state index contributed by atoms with van der Waals surface area (Å²) in [5, 5.41) is 12.8. The largest absolute Gasteiger partial charge is 0.491 e. The number of halogens is 1. The second kappa shape index (κ2) is 9.72. The van der Waals surface area contributed by atoms with Crippen molar-refractivity contribution in [3.8, 4) is 5.75 Å². The molecule has 0 bridgehead atoms. The summed E-state index contributed by atoms with van der Waals surface area (Å²) in [5.74, 6) is 0.251. The molecule has 1 rings (SSSR count). The van der Waals surface area contributed by atoms with Crippen LogP contribution < -0.4 is 10.1 Å². The van der Waals surface area contributed by atoms with E-state index in [1.807, 2.05) is 6.92 Å². The van der Waals surface area contributed by atoms with E-state index in [1.165, 1.54) is 24.3 Å². The van der Waals surface area contributed by atoms with Gasteiger partial charge in [0.05, 0.1) is 0 Å². The summed E-state index contributed by atoms with van der Waals surface area (Å²) in [4.78, 5) is 0. The molecule has 0 radical (unpaired) electrons. The molecule has 108 valence electrons. The number of ether oxygens (including phenoxy) is 2. The Kier molecular flexibility index (Phi) is 8.13. The van der Waals surface area contributed by atoms with Gasteiger partial charge in [-0.2, -0.15) is 0 Å². The van der Waals surface area contributed by atoms with Crippen molar-refractivity contribution in [2.24, 2.45) is 0 Å². The minimum atomic E-state index is -0.586. The summed E-state index contributed by atoms with van der Waals surface area (Å²) < 4.78 is 23.2. The fourth-order valence-corrected chi connectivity index (χ4v) is 1.49. The van der Waals surface area contributed by atoms with E-state index in [0.717, 1.165) is 26.2 Å². The zero-order chi connectivity index (χ0) is 13.9. The van der Waals surface area contributed by atoms with Crippen molar-refractivity contribution in [2.45, 2.75) is 19.4 Å². The Morgan fingerprint density at radius 2 is 2.05 bits per heavy atom. The number of aliphatic hydroxyl groups is 1. The van der Waals surface area contributed by atoms with Gasteiger partial charge in [0.2, 0.25) is 0 Å². The second-order valence-corrected chi connectivity index (χ2v) is 4.17. The van der Waals surface area contributed by atoms with Crippen LogP contribution in [0.15, 0.2) is 24.3 Å². The Morgan fingerprint density at radius 3 is 2.74 bits per heavy atom. The average molecular weight is 271 g/mol. The van der Waals surface area contributed by atoms with E-state index in [2.05, 4.69) is 5.32 Å². The van der Waals surface area contributed by atoms with Crippen LogP contribution in [-0.4, -0.2) is 44.1 Å². The van der Waals surface area contributed by atoms with Crippen LogP contribution in [-0.2, 0) is 4.74 Å². The van der Waals surface area contributed by atoms with Crippen LogP contribution in [0.4, 0.5) is 4.39 Å². The molecule has 0 heterocycles. The molecule has 4 nitrogen and oxygen atoms in total. The molecule has 0 aliphatic carbocycles. The van der Waals surface area contributed by atoms with E-state index >= 15 is 0 Å². The van der Waals surface area contributed by atoms with E-state index in [0.29, 0.717) is 12.3 Å². The molecule has 1 aromatic rings. The predicted octanol–water partition coefficient (Wildman–Crippen LogP) is 1.58. The maximum Gasteiger partial charge on any atom is 0.123 e. The third-order valence-corrected chi connectivity index (χ3v) is 2.48. The SMILES string of the molecule is CCOCCCNCC(O)COc1ccc(F)cc1. The number of hydrogen-bond acceptors (Lipinski definition) is 4. The smallest absolute Gasteiger partial charge is 0.123 e. The summed E-state index contributed by atoms with van der Waals surface area (Å²) in [6.07, 6.45) is 0.330. The van der Waals surface area contributed by atoms with Gasteiger partial charge in [0.25, 0.3) is 0 Å². The zero-order valence-corrected chi connectivity index (χ0v) is 11.3. The first-order valence-electron chi connectivity index (χ1n) is 6.57. The number of aliphatic hydroxyl groups excluding tert-OH is 1. The van der Waals surface area contributed by atoms with Crippen LogP contribution >= 0.6 is 0 Å². The highest BCUT2D eigenvalue weighted by atomic mass is 19.1. The standard InChI is InChI=1S/C14H22FNO3/c1-2-18-9-3-8-16-10-13(17)11-19-14-6-4-12(15)5-7-14/h4-7,13,16-17H,2-3,8-11H2,1H3. The molecule has 2 N–H and O–H groups in total. The molecule has 0 aromatic heterocycles. The van der Waals surface area contributed by atoms with Gasteiger partial charge in [-0.1, -0.05) is 0 Å². The van der Waals surface area contributed by atoms with Gasteiger partial charge in [-0.05, 0) is 44.2 Å². The van der Waals surface area contributed by atoms with Crippen molar-refractivity contribution >= 4 is 0 Å². The van der Waals surface area contributed by atoms with Crippen molar-refractivity contribution in [2.75, 3.05) is 32.9 Å². The summed E-state index contributed by atoms with van der Waals surface area (Å²) in [6.45, 7) is 4.87. The molecule has 0 spiro atoms. The molecule has 0 saturated carbocycles. The van der Waals surface area contributed by atoms with Crippen molar-refractivity contribution in [1.82, 2.24) is 5.32 Å². The lowest BCUT2D eigenvalue weighted by atomic mass is 10.3. The third kappa shape index (κ3) is 7.77. The first-order chi connectivity index (χ1) is 9.22. The molecular formula is C14H22FNO3. The molecule has 1 atom stereocenters. The average Bonchev–Trinajstić information content (AvgIpc) is 2.42. The number of nitrogens with one attached hydrogen (secondary N) is 1. The van der Waals surface area contributed by atoms with Crippen molar-refractivity contribution < 1.29 is 19.0 Å². The Bertz CT molecular complexity index is 332. The van der Waals surface area contributed by atoms with E-state index in [9.17, 15) is 9.50 Å². The van der Waals surface area contributed by atoms with Crippen molar-refractivity contribution in [1.29, 1.82) is 0 Å². The van der Waals surface area contributed by atoms with Crippen molar-refractivity contribution in [3.05, 3.63) is 30.1 Å². The molecular weight excluding hydrogens is 249 g/mol. The maximum absolute atomic E-state index is 12.7. The first kappa shape index (κ1) is 15.9. The molecule has 0 aliphatic rings. The minimum Gasteiger partial charge on any atom is -0.491 e. The third-order valence-electron chi connectivity index (χ3n) is 2.48. The van der Waals surface area contributed by atoms with Crippen molar-refractivity contribution in [3.63, 3.8) is 0 Å². The quantitative estimate of drug-likeness (QED) is 0.634. The summed E-state index contributed by atoms with van der Waals surface area (Å²) >= 11 is 0. The lowest BCUT2D eigenvalue weighted by Gasteiger charge is -2.13. The van der Waals surface area contributed by atoms with E-state index in [1.54, 1.807) is 0 Å². The van der Waals surface area contributed by atoms with Crippen LogP contribution in [0.2, 0.25) is 0 Å². The molecule has 1 unspecified atom stereocenters. The molecule has 19 heavy (non-hydrogen) atoms. The van der Waals surface area contributed by atoms with Gasteiger partial charge in [0, 0.05) is 19.8 Å². The van der Waals surface area contributed by atoms with E-state index in [4.69, 9.17) is 9.47 Å². The molecule has 5 heteroatoms. The molecule has 0 fully saturated rings. The Balaban J connectivity index is 2.04. The Hall–Kier alpha value is -1.17. The van der Waals surface area contributed by atoms with Gasteiger partial charge in [0.1, 0.15) is 24.3 Å². The summed E-state index contributed by atoms with van der Waals surface area (Å²) in [6, 6.07) is 5.73. The van der Waals surface area contributed by atoms with Gasteiger partial charge in [-0.3, -0.25) is 0 Å². The van der Waals surface area contributed by atoms with Crippen LogP contribution in [0.5, 0.6) is 5.75 Å². The molecule has 0 aliphatic heterocycles. The van der Waals surface area contributed by atoms with Crippen LogP contribution in [0.25, 0.3) is 0 Å². The fraction of sp³-hybridized carbons (Fsp3) is 0.571. The van der Waals surface area contributed by atoms with Gasteiger partial charge in [-0.25, -0.2) is 4.39 Å². The fourth-order valence-electron chi connectivity index (χ4n) is 1.49. The van der Waals surface area contributed by atoms with Crippen LogP contribution in [0.3, 0.4) is 0 Å². The summed E-state index contributed by atoms with van der Waals surface area (Å²) in [5.41, 5.74) is 0. The number of benzene rings is 1. The minimum absolute atomic E-state index is 0.185. The first-order valence-corrected chi connectivity index (χ1v) is 6.57. The second-order valence-electron chi connectivity index (χ2n) is 4.17. The van der Waals surface area contributed by atoms with E-state index in [-0.39, 0.29) is 12.4 Å². The molecule has 0 amide bonds. The molecule has 0 saturated heterocycles. The van der Waals surface area contributed by atoms with Gasteiger partial charge >= 0.3 is 0 Å². The Morgan fingerprint density at radius 1 is 1.32 bits per heavy atom. The van der Waals surface area contributed by atoms with E-state index < -0.39 is 6.10 Å². The van der Waals surface area contributed by atoms with Gasteiger partial charge in [0.15, 0.2) is 0 Å². The Labute approximate surface area is 113 Å². The highest BCUT2D eigenvalue weighted by Crippen LogP contribution is 2.11. The lowest BCUT2D eigenvalue weighted by Crippen LogP contribution is -2.32. The lowest BCUT2D eigenvalue weighted by molar-refractivity contribution is 0.104. The maximum atomic E-state index is 12.7. The topological polar surface area (TPSA) is 50.7 Å². The summed E-state index contributed by atoms with van der Waals surface area (Å²) in [7, 11) is 0. The highest BCUT2D eigenvalue weighted by molar-refractivity contribution is 5.22. The molecule has 1 aromatic carbocycles. The van der Waals surface area contributed by atoms with Crippen LogP contribution in [0.1, 0.15) is 13.3 Å². The normalized spacial score (nSPS) is 12.4. The van der Waals surface area contributed by atoms with Gasteiger partial charge in [-0.15, -0.1) is 0 Å². The number of rotatable bonds is 10. The monoisotopic (exact) mass is 271 g/mol. The predicted molar refractivity (Wildman–Crippen MR) is 71.9 cm³/mol. The highest BCUT2D eigenvalue weighted by Gasteiger charge is 2.04. The van der Waals surface area contributed by atoms with Gasteiger partial charge < -0.3 is 19.9 Å². The zero-order valence-electron chi connectivity index (χ0n) is 11.3. The number of hydrogen-bond donors (Lipinski definition) is 2. The van der Waals surface area contributed by atoms with Crippen LogP contribution in [0, 0.1) is 5.82 Å².